The summed E-state index contributed by atoms with van der Waals surface area (Å²) in [4.78, 5) is 13.0. The van der Waals surface area contributed by atoms with Crippen molar-refractivity contribution >= 4 is 17.3 Å². The van der Waals surface area contributed by atoms with E-state index in [-0.39, 0.29) is 6.54 Å². The molecular formula is C22H32N4O3S. The maximum absolute atomic E-state index is 10.6. The maximum Gasteiger partial charge on any atom is 0.194 e. The van der Waals surface area contributed by atoms with Crippen molar-refractivity contribution < 1.29 is 14.6 Å². The Kier molecular flexibility index (Phi) is 7.93. The van der Waals surface area contributed by atoms with Gasteiger partial charge in [-0.3, -0.25) is 4.99 Å². The molecule has 8 heteroatoms. The number of hydrogen-bond donors (Lipinski definition) is 2. The molecule has 1 aliphatic rings. The monoisotopic (exact) mass is 432 g/mol. The lowest BCUT2D eigenvalue weighted by atomic mass is 10.0. The fourth-order valence-electron chi connectivity index (χ4n) is 3.56. The zero-order chi connectivity index (χ0) is 21.5. The van der Waals surface area contributed by atoms with E-state index in [2.05, 4.69) is 15.2 Å². The first-order chi connectivity index (χ1) is 14.5. The van der Waals surface area contributed by atoms with Crippen LogP contribution < -0.4 is 14.8 Å². The molecule has 1 unspecified atom stereocenters. The Hall–Kier alpha value is -2.32. The van der Waals surface area contributed by atoms with Gasteiger partial charge in [0.05, 0.1) is 39.1 Å². The number of guanidine groups is 1. The number of aromatic nitrogens is 1. The highest BCUT2D eigenvalue weighted by atomic mass is 32.1. The summed E-state index contributed by atoms with van der Waals surface area (Å²) in [7, 11) is 5.18. The summed E-state index contributed by atoms with van der Waals surface area (Å²) < 4.78 is 10.6. The standard InChI is InChI=1S/C22H32N4O3S/c1-5-23-22(26(2)14-21-25-16-8-6-7-9-20(16)30-21)24-13-17(27)15-10-11-18(28-3)19(12-15)29-4/h10-12,17,27H,5-9,13-14H2,1-4H3,(H,23,24). The van der Waals surface area contributed by atoms with Crippen LogP contribution in [0.2, 0.25) is 0 Å². The number of aliphatic imine (C=N–C) groups is 1. The van der Waals surface area contributed by atoms with Gasteiger partial charge in [-0.2, -0.15) is 0 Å². The summed E-state index contributed by atoms with van der Waals surface area (Å²) in [5, 5.41) is 15.1. The zero-order valence-corrected chi connectivity index (χ0v) is 19.1. The van der Waals surface area contributed by atoms with E-state index in [1.165, 1.54) is 23.4 Å². The highest BCUT2D eigenvalue weighted by Gasteiger charge is 2.17. The molecule has 0 aliphatic heterocycles. The van der Waals surface area contributed by atoms with Gasteiger partial charge in [-0.1, -0.05) is 6.07 Å². The first-order valence-electron chi connectivity index (χ1n) is 10.4. The van der Waals surface area contributed by atoms with Gasteiger partial charge < -0.3 is 24.8 Å². The molecule has 164 valence electrons. The number of aliphatic hydroxyl groups is 1. The Labute approximate surface area is 182 Å². The van der Waals surface area contributed by atoms with Crippen LogP contribution in [-0.2, 0) is 19.4 Å². The van der Waals surface area contributed by atoms with Crippen molar-refractivity contribution in [3.8, 4) is 11.5 Å². The molecule has 1 aromatic heterocycles. The van der Waals surface area contributed by atoms with Crippen LogP contribution in [0.5, 0.6) is 11.5 Å². The van der Waals surface area contributed by atoms with E-state index in [4.69, 9.17) is 14.5 Å². The Morgan fingerprint density at radius 3 is 2.73 bits per heavy atom. The molecule has 1 aliphatic carbocycles. The van der Waals surface area contributed by atoms with Gasteiger partial charge in [0.2, 0.25) is 0 Å². The number of nitrogens with zero attached hydrogens (tertiary/aromatic N) is 3. The first kappa shape index (κ1) is 22.4. The average molecular weight is 433 g/mol. The van der Waals surface area contributed by atoms with Crippen LogP contribution in [0, 0.1) is 0 Å². The number of nitrogens with one attached hydrogen (secondary N) is 1. The molecule has 7 nitrogen and oxygen atoms in total. The minimum Gasteiger partial charge on any atom is -0.493 e. The van der Waals surface area contributed by atoms with E-state index in [0.717, 1.165) is 35.9 Å². The molecule has 0 amide bonds. The third-order valence-corrected chi connectivity index (χ3v) is 6.31. The lowest BCUT2D eigenvalue weighted by Gasteiger charge is -2.21. The number of aliphatic hydroxyl groups excluding tert-OH is 1. The molecule has 0 saturated heterocycles. The van der Waals surface area contributed by atoms with E-state index < -0.39 is 6.10 Å². The molecule has 2 N–H and O–H groups in total. The number of methoxy groups -OCH3 is 2. The van der Waals surface area contributed by atoms with Crippen molar-refractivity contribution in [2.45, 2.75) is 45.3 Å². The van der Waals surface area contributed by atoms with Gasteiger partial charge in [0, 0.05) is 18.5 Å². The molecule has 0 bridgehead atoms. The van der Waals surface area contributed by atoms with Crippen LogP contribution in [0.3, 0.4) is 0 Å². The van der Waals surface area contributed by atoms with Gasteiger partial charge in [0.15, 0.2) is 17.5 Å². The minimum atomic E-state index is -0.737. The number of ether oxygens (including phenoxy) is 2. The predicted octanol–water partition coefficient (Wildman–Crippen LogP) is 3.17. The topological polar surface area (TPSA) is 79.2 Å². The van der Waals surface area contributed by atoms with E-state index in [1.54, 1.807) is 26.4 Å². The summed E-state index contributed by atoms with van der Waals surface area (Å²) in [6, 6.07) is 5.41. The van der Waals surface area contributed by atoms with Crippen LogP contribution in [-0.4, -0.2) is 55.3 Å². The van der Waals surface area contributed by atoms with Crippen LogP contribution in [0.1, 0.15) is 47.0 Å². The smallest absolute Gasteiger partial charge is 0.194 e. The van der Waals surface area contributed by atoms with Gasteiger partial charge in [0.25, 0.3) is 0 Å². The fourth-order valence-corrected chi connectivity index (χ4v) is 4.77. The second kappa shape index (κ2) is 10.6. The summed E-state index contributed by atoms with van der Waals surface area (Å²) >= 11 is 1.82. The normalized spacial score (nSPS) is 14.8. The van der Waals surface area contributed by atoms with E-state index >= 15 is 0 Å². The molecule has 2 aromatic rings. The fraction of sp³-hybridized carbons (Fsp3) is 0.545. The lowest BCUT2D eigenvalue weighted by Crippen LogP contribution is -2.38. The minimum absolute atomic E-state index is 0.247. The maximum atomic E-state index is 10.6. The van der Waals surface area contributed by atoms with E-state index in [9.17, 15) is 5.11 Å². The van der Waals surface area contributed by atoms with Crippen LogP contribution in [0.15, 0.2) is 23.2 Å². The molecule has 0 fully saturated rings. The number of thiazole rings is 1. The third kappa shape index (κ3) is 5.43. The van der Waals surface area contributed by atoms with Gasteiger partial charge in [0.1, 0.15) is 5.01 Å². The average Bonchev–Trinajstić information content (AvgIpc) is 3.17. The second-order valence-electron chi connectivity index (χ2n) is 7.37. The molecule has 0 spiro atoms. The summed E-state index contributed by atoms with van der Waals surface area (Å²) in [6.07, 6.45) is 4.02. The van der Waals surface area contributed by atoms with E-state index in [0.29, 0.717) is 18.0 Å². The van der Waals surface area contributed by atoms with Crippen molar-refractivity contribution in [2.24, 2.45) is 4.99 Å². The number of aryl methyl sites for hydroxylation is 2. The van der Waals surface area contributed by atoms with Crippen LogP contribution >= 0.6 is 11.3 Å². The SMILES string of the molecule is CCNC(=NCC(O)c1ccc(OC)c(OC)c1)N(C)Cc1nc2c(s1)CCCC2. The number of rotatable bonds is 8. The molecule has 30 heavy (non-hydrogen) atoms. The van der Waals surface area contributed by atoms with Crippen molar-refractivity contribution in [1.82, 2.24) is 15.2 Å². The first-order valence-corrected chi connectivity index (χ1v) is 11.2. The molecule has 1 heterocycles. The Balaban J connectivity index is 1.67. The molecule has 0 saturated carbocycles. The Morgan fingerprint density at radius 2 is 2.03 bits per heavy atom. The molecule has 1 aromatic carbocycles. The second-order valence-corrected chi connectivity index (χ2v) is 8.53. The highest BCUT2D eigenvalue weighted by molar-refractivity contribution is 7.11. The van der Waals surface area contributed by atoms with Crippen LogP contribution in [0.4, 0.5) is 0 Å². The lowest BCUT2D eigenvalue weighted by molar-refractivity contribution is 0.186. The zero-order valence-electron chi connectivity index (χ0n) is 18.3. The van der Waals surface area contributed by atoms with Gasteiger partial charge in [-0.15, -0.1) is 11.3 Å². The molecular weight excluding hydrogens is 400 g/mol. The van der Waals surface area contributed by atoms with Gasteiger partial charge in [-0.25, -0.2) is 4.98 Å². The molecule has 1 atom stereocenters. The summed E-state index contributed by atoms with van der Waals surface area (Å²) in [5.74, 6) is 1.98. The Bertz CT molecular complexity index is 845. The summed E-state index contributed by atoms with van der Waals surface area (Å²) in [6.45, 7) is 3.74. The van der Waals surface area contributed by atoms with E-state index in [1.807, 2.05) is 31.4 Å². The molecule has 0 radical (unpaired) electrons. The Morgan fingerprint density at radius 1 is 1.27 bits per heavy atom. The quantitative estimate of drug-likeness (QED) is 0.493. The van der Waals surface area contributed by atoms with Crippen molar-refractivity contribution in [3.05, 3.63) is 39.3 Å². The predicted molar refractivity (Wildman–Crippen MR) is 121 cm³/mol. The van der Waals surface area contributed by atoms with Crippen molar-refractivity contribution in [2.75, 3.05) is 34.4 Å². The number of fused-ring (bicyclic) bond motifs is 1. The number of benzene rings is 1. The van der Waals surface area contributed by atoms with Gasteiger partial charge >= 0.3 is 0 Å². The molecule has 3 rings (SSSR count). The largest absolute Gasteiger partial charge is 0.493 e. The van der Waals surface area contributed by atoms with Crippen molar-refractivity contribution in [3.63, 3.8) is 0 Å². The van der Waals surface area contributed by atoms with Crippen molar-refractivity contribution in [1.29, 1.82) is 0 Å². The van der Waals surface area contributed by atoms with Gasteiger partial charge in [-0.05, 0) is 50.3 Å². The van der Waals surface area contributed by atoms with Crippen LogP contribution in [0.25, 0.3) is 0 Å². The number of hydrogen-bond acceptors (Lipinski definition) is 6. The highest BCUT2D eigenvalue weighted by Crippen LogP contribution is 2.30. The third-order valence-electron chi connectivity index (χ3n) is 5.17. The summed E-state index contributed by atoms with van der Waals surface area (Å²) in [5.41, 5.74) is 2.02.